The van der Waals surface area contributed by atoms with E-state index in [9.17, 15) is 9.18 Å². The standard InChI is InChI=1S/C16H16BrFN2OS/c17-15-6-5-12(22-15)11-19-7-9-20(10-8-19)16(21)13-3-1-2-4-14(13)18/h1-6H,7-11H2. The highest BCUT2D eigenvalue weighted by Crippen LogP contribution is 2.23. The van der Waals surface area contributed by atoms with Crippen molar-refractivity contribution in [2.75, 3.05) is 26.2 Å². The van der Waals surface area contributed by atoms with Gasteiger partial charge in [0.15, 0.2) is 0 Å². The average Bonchev–Trinajstić information content (AvgIpc) is 2.93. The molecule has 3 rings (SSSR count). The fraction of sp³-hybridized carbons (Fsp3) is 0.312. The molecule has 0 unspecified atom stereocenters. The Kier molecular flexibility index (Phi) is 4.90. The molecule has 1 fully saturated rings. The molecule has 0 bridgehead atoms. The minimum Gasteiger partial charge on any atom is -0.336 e. The molecule has 2 heterocycles. The van der Waals surface area contributed by atoms with Crippen LogP contribution in [-0.4, -0.2) is 41.9 Å². The molecule has 3 nitrogen and oxygen atoms in total. The van der Waals surface area contributed by atoms with E-state index in [4.69, 9.17) is 0 Å². The molecule has 1 amide bonds. The Bertz CT molecular complexity index is 668. The van der Waals surface area contributed by atoms with Gasteiger partial charge in [0.1, 0.15) is 5.82 Å². The fourth-order valence-corrected chi connectivity index (χ4v) is 4.10. The summed E-state index contributed by atoms with van der Waals surface area (Å²) in [6.07, 6.45) is 0. The molecule has 2 aromatic rings. The molecule has 0 atom stereocenters. The van der Waals surface area contributed by atoms with Crippen LogP contribution in [0.1, 0.15) is 15.2 Å². The van der Waals surface area contributed by atoms with Gasteiger partial charge in [-0.05, 0) is 40.2 Å². The molecule has 1 aromatic heterocycles. The lowest BCUT2D eigenvalue weighted by molar-refractivity contribution is 0.0625. The van der Waals surface area contributed by atoms with E-state index in [0.717, 1.165) is 23.4 Å². The van der Waals surface area contributed by atoms with Gasteiger partial charge in [-0.25, -0.2) is 4.39 Å². The summed E-state index contributed by atoms with van der Waals surface area (Å²) in [4.78, 5) is 17.7. The number of piperazine rings is 1. The molecule has 22 heavy (non-hydrogen) atoms. The first-order valence-electron chi connectivity index (χ1n) is 7.14. The second-order valence-corrected chi connectivity index (χ2v) is 7.80. The van der Waals surface area contributed by atoms with Crippen molar-refractivity contribution >= 4 is 33.2 Å². The molecular formula is C16H16BrFN2OS. The van der Waals surface area contributed by atoms with E-state index in [1.165, 1.54) is 10.9 Å². The zero-order valence-corrected chi connectivity index (χ0v) is 14.4. The number of hydrogen-bond acceptors (Lipinski definition) is 3. The van der Waals surface area contributed by atoms with Gasteiger partial charge in [0.05, 0.1) is 9.35 Å². The van der Waals surface area contributed by atoms with Gasteiger partial charge in [-0.15, -0.1) is 11.3 Å². The van der Waals surface area contributed by atoms with E-state index in [-0.39, 0.29) is 11.5 Å². The first kappa shape index (κ1) is 15.6. The van der Waals surface area contributed by atoms with E-state index < -0.39 is 5.82 Å². The van der Waals surface area contributed by atoms with Crippen molar-refractivity contribution in [3.63, 3.8) is 0 Å². The van der Waals surface area contributed by atoms with Crippen LogP contribution in [0.15, 0.2) is 40.2 Å². The quantitative estimate of drug-likeness (QED) is 0.809. The summed E-state index contributed by atoms with van der Waals surface area (Å²) in [5, 5.41) is 0. The van der Waals surface area contributed by atoms with Crippen LogP contribution in [0, 0.1) is 5.82 Å². The highest BCUT2D eigenvalue weighted by molar-refractivity contribution is 9.11. The lowest BCUT2D eigenvalue weighted by atomic mass is 10.1. The molecule has 1 saturated heterocycles. The Morgan fingerprint density at radius 2 is 1.86 bits per heavy atom. The molecule has 0 N–H and O–H groups in total. The summed E-state index contributed by atoms with van der Waals surface area (Å²) < 4.78 is 14.8. The lowest BCUT2D eigenvalue weighted by Gasteiger charge is -2.34. The predicted molar refractivity (Wildman–Crippen MR) is 89.6 cm³/mol. The minimum absolute atomic E-state index is 0.165. The number of nitrogens with zero attached hydrogens (tertiary/aromatic N) is 2. The molecule has 1 aliphatic rings. The Morgan fingerprint density at radius 3 is 2.50 bits per heavy atom. The summed E-state index contributed by atoms with van der Waals surface area (Å²) in [6, 6.07) is 10.3. The van der Waals surface area contributed by atoms with Crippen molar-refractivity contribution in [1.29, 1.82) is 0 Å². The first-order valence-corrected chi connectivity index (χ1v) is 8.75. The Labute approximate surface area is 141 Å². The van der Waals surface area contributed by atoms with Crippen LogP contribution < -0.4 is 0 Å². The highest BCUT2D eigenvalue weighted by atomic mass is 79.9. The molecule has 116 valence electrons. The van der Waals surface area contributed by atoms with Crippen LogP contribution in [0.3, 0.4) is 0 Å². The number of hydrogen-bond donors (Lipinski definition) is 0. The summed E-state index contributed by atoms with van der Waals surface area (Å²) in [7, 11) is 0. The second kappa shape index (κ2) is 6.89. The molecule has 0 saturated carbocycles. The fourth-order valence-electron chi connectivity index (χ4n) is 2.57. The predicted octanol–water partition coefficient (Wildman–Crippen LogP) is 3.61. The Hall–Kier alpha value is -1.24. The van der Waals surface area contributed by atoms with Crippen molar-refractivity contribution in [3.05, 3.63) is 56.4 Å². The van der Waals surface area contributed by atoms with Crippen LogP contribution >= 0.6 is 27.3 Å². The number of rotatable bonds is 3. The maximum atomic E-state index is 13.7. The molecule has 1 aromatic carbocycles. The lowest BCUT2D eigenvalue weighted by Crippen LogP contribution is -2.48. The van der Waals surface area contributed by atoms with Crippen molar-refractivity contribution in [2.45, 2.75) is 6.54 Å². The molecule has 0 spiro atoms. The van der Waals surface area contributed by atoms with Crippen LogP contribution in [0.4, 0.5) is 4.39 Å². The number of halogens is 2. The SMILES string of the molecule is O=C(c1ccccc1F)N1CCN(Cc2ccc(Br)s2)CC1. The van der Waals surface area contributed by atoms with Crippen molar-refractivity contribution in [3.8, 4) is 0 Å². The summed E-state index contributed by atoms with van der Waals surface area (Å²) in [5.74, 6) is -0.657. The summed E-state index contributed by atoms with van der Waals surface area (Å²) in [6.45, 7) is 3.81. The Morgan fingerprint density at radius 1 is 1.14 bits per heavy atom. The zero-order valence-electron chi connectivity index (χ0n) is 12.0. The molecule has 1 aliphatic heterocycles. The van der Waals surface area contributed by atoms with Crippen LogP contribution in [0.2, 0.25) is 0 Å². The van der Waals surface area contributed by atoms with E-state index in [1.807, 2.05) is 0 Å². The van der Waals surface area contributed by atoms with E-state index in [1.54, 1.807) is 34.4 Å². The molecule has 0 radical (unpaired) electrons. The monoisotopic (exact) mass is 382 g/mol. The second-order valence-electron chi connectivity index (χ2n) is 5.25. The van der Waals surface area contributed by atoms with Gasteiger partial charge in [-0.1, -0.05) is 12.1 Å². The maximum absolute atomic E-state index is 13.7. The maximum Gasteiger partial charge on any atom is 0.256 e. The van der Waals surface area contributed by atoms with Gasteiger partial charge in [-0.3, -0.25) is 9.69 Å². The summed E-state index contributed by atoms with van der Waals surface area (Å²) in [5.41, 5.74) is 0.165. The van der Waals surface area contributed by atoms with Gasteiger partial charge >= 0.3 is 0 Å². The number of amides is 1. The van der Waals surface area contributed by atoms with E-state index in [2.05, 4.69) is 33.0 Å². The third-order valence-corrected chi connectivity index (χ3v) is 5.38. The number of carbonyl (C=O) groups excluding carboxylic acids is 1. The average molecular weight is 383 g/mol. The third-order valence-electron chi connectivity index (χ3n) is 3.77. The number of thiophene rings is 1. The first-order chi connectivity index (χ1) is 10.6. The topological polar surface area (TPSA) is 23.6 Å². The van der Waals surface area contributed by atoms with Gasteiger partial charge in [0.2, 0.25) is 0 Å². The van der Waals surface area contributed by atoms with Crippen LogP contribution in [0.25, 0.3) is 0 Å². The van der Waals surface area contributed by atoms with Gasteiger partial charge < -0.3 is 4.90 Å². The van der Waals surface area contributed by atoms with Crippen molar-refractivity contribution in [2.24, 2.45) is 0 Å². The number of benzene rings is 1. The van der Waals surface area contributed by atoms with Gasteiger partial charge in [0.25, 0.3) is 5.91 Å². The normalized spacial score (nSPS) is 16.0. The van der Waals surface area contributed by atoms with Crippen LogP contribution in [0.5, 0.6) is 0 Å². The highest BCUT2D eigenvalue weighted by Gasteiger charge is 2.24. The summed E-state index contributed by atoms with van der Waals surface area (Å²) >= 11 is 5.20. The number of carbonyl (C=O) groups is 1. The van der Waals surface area contributed by atoms with E-state index >= 15 is 0 Å². The van der Waals surface area contributed by atoms with Crippen molar-refractivity contribution in [1.82, 2.24) is 9.80 Å². The van der Waals surface area contributed by atoms with Gasteiger partial charge in [-0.2, -0.15) is 0 Å². The van der Waals surface area contributed by atoms with Crippen molar-refractivity contribution < 1.29 is 9.18 Å². The molecule has 0 aliphatic carbocycles. The zero-order chi connectivity index (χ0) is 15.5. The smallest absolute Gasteiger partial charge is 0.256 e. The van der Waals surface area contributed by atoms with E-state index in [0.29, 0.717) is 13.1 Å². The van der Waals surface area contributed by atoms with Gasteiger partial charge in [0, 0.05) is 37.6 Å². The molecular weight excluding hydrogens is 367 g/mol. The Balaban J connectivity index is 1.57. The minimum atomic E-state index is -0.446. The third kappa shape index (κ3) is 3.56. The molecule has 6 heteroatoms. The largest absolute Gasteiger partial charge is 0.336 e. The van der Waals surface area contributed by atoms with Crippen LogP contribution in [-0.2, 0) is 6.54 Å².